The Morgan fingerprint density at radius 2 is 1.71 bits per heavy atom. The van der Waals surface area contributed by atoms with Gasteiger partial charge >= 0.3 is 0 Å². The van der Waals surface area contributed by atoms with Crippen molar-refractivity contribution in [3.05, 3.63) is 75.3 Å². The fourth-order valence-corrected chi connectivity index (χ4v) is 5.68. The average molecular weight is 394 g/mol. The number of Topliss-reactive ketones (excluding diaryl/α,β-unsaturated/α-hetero) is 1. The van der Waals surface area contributed by atoms with E-state index in [1.54, 1.807) is 18.3 Å². The zero-order valence-corrected chi connectivity index (χ0v) is 18.0. The van der Waals surface area contributed by atoms with Gasteiger partial charge in [-0.1, -0.05) is 42.5 Å². The van der Waals surface area contributed by atoms with Gasteiger partial charge in [0.1, 0.15) is 10.8 Å². The highest BCUT2D eigenvalue weighted by molar-refractivity contribution is 7.15. The number of carbonyl (C=O) groups is 1. The molecule has 1 atom stereocenters. The normalized spacial score (nSPS) is 17.6. The molecule has 1 aliphatic carbocycles. The molecule has 0 saturated carbocycles. The summed E-state index contributed by atoms with van der Waals surface area (Å²) in [6, 6.07) is 14.7. The Morgan fingerprint density at radius 1 is 1.04 bits per heavy atom. The Kier molecular flexibility index (Phi) is 5.82. The van der Waals surface area contributed by atoms with Crippen LogP contribution in [0.3, 0.4) is 0 Å². The SMILES string of the molecule is CC(=O)[C@@]1(c2cccc(C)c2C)CCc2nc(-c3ccccc3C)sc21.CO. The highest BCUT2D eigenvalue weighted by Crippen LogP contribution is 2.50. The maximum absolute atomic E-state index is 13.0. The van der Waals surface area contributed by atoms with Crippen molar-refractivity contribution in [1.29, 1.82) is 0 Å². The first kappa shape index (κ1) is 20.4. The molecule has 3 nitrogen and oxygen atoms in total. The van der Waals surface area contributed by atoms with Crippen LogP contribution in [-0.4, -0.2) is 23.0 Å². The van der Waals surface area contributed by atoms with Crippen LogP contribution in [0.5, 0.6) is 0 Å². The Morgan fingerprint density at radius 3 is 2.39 bits per heavy atom. The average Bonchev–Trinajstić information content (AvgIpc) is 3.26. The summed E-state index contributed by atoms with van der Waals surface area (Å²) in [5.41, 5.74) is 6.57. The fourth-order valence-electron chi connectivity index (χ4n) is 4.20. The molecule has 0 amide bonds. The van der Waals surface area contributed by atoms with Gasteiger partial charge in [-0.05, 0) is 62.8 Å². The molecule has 28 heavy (non-hydrogen) atoms. The first-order valence-corrected chi connectivity index (χ1v) is 10.4. The fraction of sp³-hybridized carbons (Fsp3) is 0.333. The van der Waals surface area contributed by atoms with Crippen molar-refractivity contribution in [3.63, 3.8) is 0 Å². The van der Waals surface area contributed by atoms with Gasteiger partial charge in [-0.3, -0.25) is 4.79 Å². The molecule has 1 N–H and O–H groups in total. The van der Waals surface area contributed by atoms with E-state index in [9.17, 15) is 4.79 Å². The van der Waals surface area contributed by atoms with Gasteiger partial charge in [0.2, 0.25) is 0 Å². The van der Waals surface area contributed by atoms with Crippen molar-refractivity contribution in [1.82, 2.24) is 4.98 Å². The van der Waals surface area contributed by atoms with E-state index < -0.39 is 5.41 Å². The van der Waals surface area contributed by atoms with Gasteiger partial charge in [-0.25, -0.2) is 4.98 Å². The minimum Gasteiger partial charge on any atom is -0.400 e. The number of thiazole rings is 1. The minimum atomic E-state index is -0.538. The second-order valence-electron chi connectivity index (χ2n) is 7.32. The molecule has 1 aromatic heterocycles. The molecule has 0 bridgehead atoms. The Hall–Kier alpha value is -2.30. The van der Waals surface area contributed by atoms with E-state index in [4.69, 9.17) is 10.1 Å². The standard InChI is InChI=1S/C23H23NOS.CH4O/c1-14-9-7-11-19(16(14)3)23(17(4)25)13-12-20-21(23)26-22(24-20)18-10-6-5-8-15(18)2;1-2/h5-11H,12-13H2,1-4H3;2H,1H3/t23-;/m1./s1. The highest BCUT2D eigenvalue weighted by Gasteiger charge is 2.48. The summed E-state index contributed by atoms with van der Waals surface area (Å²) in [6.07, 6.45) is 1.69. The van der Waals surface area contributed by atoms with Crippen LogP contribution >= 0.6 is 11.3 Å². The molecular weight excluding hydrogens is 366 g/mol. The molecule has 2 aromatic carbocycles. The summed E-state index contributed by atoms with van der Waals surface area (Å²) in [6.45, 7) is 8.11. The van der Waals surface area contributed by atoms with Crippen molar-refractivity contribution in [2.45, 2.75) is 46.0 Å². The van der Waals surface area contributed by atoms with Gasteiger partial charge in [0.25, 0.3) is 0 Å². The number of ketones is 1. The zero-order valence-electron chi connectivity index (χ0n) is 17.2. The number of nitrogens with zero attached hydrogens (tertiary/aromatic N) is 1. The number of aromatic nitrogens is 1. The molecule has 146 valence electrons. The van der Waals surface area contributed by atoms with Crippen LogP contribution in [-0.2, 0) is 16.6 Å². The van der Waals surface area contributed by atoms with Gasteiger partial charge in [0.05, 0.1) is 11.1 Å². The number of benzene rings is 2. The van der Waals surface area contributed by atoms with E-state index in [1.807, 2.05) is 0 Å². The quantitative estimate of drug-likeness (QED) is 0.668. The van der Waals surface area contributed by atoms with Crippen LogP contribution < -0.4 is 0 Å². The molecular formula is C24H27NO2S. The molecule has 0 fully saturated rings. The lowest BCUT2D eigenvalue weighted by Gasteiger charge is -2.29. The largest absolute Gasteiger partial charge is 0.400 e. The maximum atomic E-state index is 13.0. The molecule has 0 spiro atoms. The van der Waals surface area contributed by atoms with Crippen LogP contribution in [0.25, 0.3) is 10.6 Å². The molecule has 0 aliphatic heterocycles. The number of fused-ring (bicyclic) bond motifs is 1. The van der Waals surface area contributed by atoms with Crippen molar-refractivity contribution in [2.75, 3.05) is 7.11 Å². The lowest BCUT2D eigenvalue weighted by molar-refractivity contribution is -0.121. The summed E-state index contributed by atoms with van der Waals surface area (Å²) in [5.74, 6) is 0.227. The van der Waals surface area contributed by atoms with E-state index in [0.29, 0.717) is 0 Å². The number of hydrogen-bond donors (Lipinski definition) is 1. The third-order valence-electron chi connectivity index (χ3n) is 5.86. The summed E-state index contributed by atoms with van der Waals surface area (Å²) < 4.78 is 0. The van der Waals surface area contributed by atoms with Crippen LogP contribution in [0, 0.1) is 20.8 Å². The Balaban J connectivity index is 0.00000109. The minimum absolute atomic E-state index is 0.227. The lowest BCUT2D eigenvalue weighted by Crippen LogP contribution is -2.33. The molecule has 0 unspecified atom stereocenters. The summed E-state index contributed by atoms with van der Waals surface area (Å²) in [4.78, 5) is 19.1. The van der Waals surface area contributed by atoms with Gasteiger partial charge in [-0.15, -0.1) is 11.3 Å². The monoisotopic (exact) mass is 393 g/mol. The van der Waals surface area contributed by atoms with Crippen molar-refractivity contribution in [2.24, 2.45) is 0 Å². The lowest BCUT2D eigenvalue weighted by atomic mass is 9.74. The molecule has 0 saturated heterocycles. The molecule has 1 aliphatic rings. The molecule has 4 heteroatoms. The summed E-state index contributed by atoms with van der Waals surface area (Å²) in [7, 11) is 1.00. The van der Waals surface area contributed by atoms with Gasteiger partial charge < -0.3 is 5.11 Å². The van der Waals surface area contributed by atoms with Crippen LogP contribution in [0.4, 0.5) is 0 Å². The molecule has 3 aromatic rings. The number of carbonyl (C=O) groups excluding carboxylic acids is 1. The number of aryl methyl sites for hydroxylation is 3. The summed E-state index contributed by atoms with van der Waals surface area (Å²) >= 11 is 1.70. The maximum Gasteiger partial charge on any atom is 0.145 e. The summed E-state index contributed by atoms with van der Waals surface area (Å²) in [5, 5.41) is 8.03. The topological polar surface area (TPSA) is 50.2 Å². The van der Waals surface area contributed by atoms with E-state index in [0.717, 1.165) is 41.1 Å². The van der Waals surface area contributed by atoms with Crippen LogP contribution in [0.15, 0.2) is 42.5 Å². The van der Waals surface area contributed by atoms with Crippen LogP contribution in [0.1, 0.15) is 46.2 Å². The third kappa shape index (κ3) is 3.11. The second kappa shape index (κ2) is 7.98. The predicted molar refractivity (Wildman–Crippen MR) is 116 cm³/mol. The van der Waals surface area contributed by atoms with E-state index in [1.165, 1.54) is 22.3 Å². The Labute approximate surface area is 171 Å². The molecule has 4 rings (SSSR count). The van der Waals surface area contributed by atoms with E-state index in [2.05, 4.69) is 63.2 Å². The number of hydrogen-bond acceptors (Lipinski definition) is 4. The van der Waals surface area contributed by atoms with Crippen molar-refractivity contribution >= 4 is 17.1 Å². The zero-order chi connectivity index (χ0) is 20.5. The van der Waals surface area contributed by atoms with Gasteiger partial charge in [-0.2, -0.15) is 0 Å². The van der Waals surface area contributed by atoms with E-state index in [-0.39, 0.29) is 5.78 Å². The third-order valence-corrected chi connectivity index (χ3v) is 7.16. The second-order valence-corrected chi connectivity index (χ2v) is 8.32. The van der Waals surface area contributed by atoms with E-state index >= 15 is 0 Å². The Bertz CT molecular complexity index is 1020. The first-order valence-electron chi connectivity index (χ1n) is 9.54. The molecule has 1 heterocycles. The predicted octanol–water partition coefficient (Wildman–Crippen LogP) is 5.17. The number of rotatable bonds is 3. The highest BCUT2D eigenvalue weighted by atomic mass is 32.1. The van der Waals surface area contributed by atoms with Gasteiger partial charge in [0, 0.05) is 17.6 Å². The van der Waals surface area contributed by atoms with Crippen LogP contribution in [0.2, 0.25) is 0 Å². The van der Waals surface area contributed by atoms with Gasteiger partial charge in [0.15, 0.2) is 0 Å². The molecule has 0 radical (unpaired) electrons. The smallest absolute Gasteiger partial charge is 0.145 e. The van der Waals surface area contributed by atoms with Crippen molar-refractivity contribution in [3.8, 4) is 10.6 Å². The van der Waals surface area contributed by atoms with Crippen molar-refractivity contribution < 1.29 is 9.90 Å². The number of aliphatic hydroxyl groups is 1. The number of aliphatic hydroxyl groups excluding tert-OH is 1. The first-order chi connectivity index (χ1) is 13.4.